The number of anilines is 1. The molecule has 0 saturated carbocycles. The van der Waals surface area contributed by atoms with Crippen molar-refractivity contribution in [3.63, 3.8) is 0 Å². The van der Waals surface area contributed by atoms with Gasteiger partial charge in [-0.05, 0) is 37.3 Å². The number of hydrogen-bond donors (Lipinski definition) is 2. The van der Waals surface area contributed by atoms with E-state index in [0.29, 0.717) is 0 Å². The Morgan fingerprint density at radius 3 is 2.94 bits per heavy atom. The van der Waals surface area contributed by atoms with Gasteiger partial charge in [0.25, 0.3) is 0 Å². The molecule has 0 saturated heterocycles. The molecule has 0 radical (unpaired) electrons. The second-order valence-corrected chi connectivity index (χ2v) is 4.73. The molecule has 1 aromatic rings. The van der Waals surface area contributed by atoms with Gasteiger partial charge >= 0.3 is 0 Å². The number of fused-ring (bicyclic) bond motifs is 1. The fourth-order valence-electron chi connectivity index (χ4n) is 2.51. The van der Waals surface area contributed by atoms with Crippen LogP contribution in [0.1, 0.15) is 37.3 Å². The highest BCUT2D eigenvalue weighted by molar-refractivity contribution is 5.55. The Morgan fingerprint density at radius 1 is 1.29 bits per heavy atom. The van der Waals surface area contributed by atoms with Gasteiger partial charge in [-0.2, -0.15) is 0 Å². The van der Waals surface area contributed by atoms with E-state index >= 15 is 0 Å². The zero-order chi connectivity index (χ0) is 12.1. The molecule has 1 aliphatic rings. The van der Waals surface area contributed by atoms with Crippen LogP contribution in [0.5, 0.6) is 0 Å². The van der Waals surface area contributed by atoms with E-state index in [0.717, 1.165) is 38.8 Å². The van der Waals surface area contributed by atoms with Crippen LogP contribution in [-0.2, 0) is 0 Å². The van der Waals surface area contributed by atoms with E-state index in [9.17, 15) is 0 Å². The van der Waals surface area contributed by atoms with E-state index in [1.54, 1.807) is 0 Å². The highest BCUT2D eigenvalue weighted by atomic mass is 16.2. The van der Waals surface area contributed by atoms with E-state index in [1.165, 1.54) is 11.3 Å². The largest absolute Gasteiger partial charge is 0.396 e. The minimum absolute atomic E-state index is 0.175. The number of hydrogen-bond acceptors (Lipinski definition) is 3. The van der Waals surface area contributed by atoms with E-state index in [2.05, 4.69) is 29.2 Å². The summed E-state index contributed by atoms with van der Waals surface area (Å²) in [5.74, 6) is 0. The van der Waals surface area contributed by atoms with Crippen molar-refractivity contribution in [2.24, 2.45) is 5.73 Å². The fourth-order valence-corrected chi connectivity index (χ4v) is 2.51. The lowest BCUT2D eigenvalue weighted by molar-refractivity contribution is 0.285. The Kier molecular flexibility index (Phi) is 4.40. The minimum Gasteiger partial charge on any atom is -0.396 e. The van der Waals surface area contributed by atoms with Crippen LogP contribution < -0.4 is 10.6 Å². The SMILES string of the molecule is NC1CCCN(CCCCO)c2ccccc21. The molecule has 2 rings (SSSR count). The van der Waals surface area contributed by atoms with Crippen molar-refractivity contribution in [2.75, 3.05) is 24.6 Å². The van der Waals surface area contributed by atoms with Gasteiger partial charge in [-0.25, -0.2) is 0 Å². The monoisotopic (exact) mass is 234 g/mol. The van der Waals surface area contributed by atoms with Crippen molar-refractivity contribution < 1.29 is 5.11 Å². The maximum Gasteiger partial charge on any atom is 0.0431 e. The predicted octanol–water partition coefficient (Wildman–Crippen LogP) is 2.06. The van der Waals surface area contributed by atoms with Crippen molar-refractivity contribution >= 4 is 5.69 Å². The Morgan fingerprint density at radius 2 is 2.12 bits per heavy atom. The first-order chi connectivity index (χ1) is 8.33. The summed E-state index contributed by atoms with van der Waals surface area (Å²) in [4.78, 5) is 2.41. The van der Waals surface area contributed by atoms with Gasteiger partial charge in [0.05, 0.1) is 0 Å². The lowest BCUT2D eigenvalue weighted by atomic mass is 10.0. The molecular formula is C14H22N2O. The molecule has 3 nitrogen and oxygen atoms in total. The van der Waals surface area contributed by atoms with Crippen molar-refractivity contribution in [3.05, 3.63) is 29.8 Å². The van der Waals surface area contributed by atoms with Crippen LogP contribution in [0.3, 0.4) is 0 Å². The smallest absolute Gasteiger partial charge is 0.0431 e. The van der Waals surface area contributed by atoms with Gasteiger partial charge in [0.2, 0.25) is 0 Å². The maximum absolute atomic E-state index is 8.85. The van der Waals surface area contributed by atoms with Crippen LogP contribution in [0.15, 0.2) is 24.3 Å². The number of unbranched alkanes of at least 4 members (excludes halogenated alkanes) is 1. The number of nitrogens with two attached hydrogens (primary N) is 1. The molecule has 3 N–H and O–H groups in total. The number of para-hydroxylation sites is 1. The van der Waals surface area contributed by atoms with Gasteiger partial charge in [-0.1, -0.05) is 18.2 Å². The molecule has 1 unspecified atom stereocenters. The van der Waals surface area contributed by atoms with Crippen molar-refractivity contribution in [3.8, 4) is 0 Å². The second-order valence-electron chi connectivity index (χ2n) is 4.73. The highest BCUT2D eigenvalue weighted by Gasteiger charge is 2.19. The first-order valence-corrected chi connectivity index (χ1v) is 6.53. The van der Waals surface area contributed by atoms with Crippen molar-refractivity contribution in [1.82, 2.24) is 0 Å². The van der Waals surface area contributed by atoms with Gasteiger partial charge in [0.15, 0.2) is 0 Å². The van der Waals surface area contributed by atoms with Crippen LogP contribution >= 0.6 is 0 Å². The van der Waals surface area contributed by atoms with Crippen LogP contribution in [0.25, 0.3) is 0 Å². The summed E-state index contributed by atoms with van der Waals surface area (Å²) < 4.78 is 0. The average molecular weight is 234 g/mol. The summed E-state index contributed by atoms with van der Waals surface area (Å²) in [7, 11) is 0. The lowest BCUT2D eigenvalue weighted by Crippen LogP contribution is -2.25. The second kappa shape index (κ2) is 6.03. The van der Waals surface area contributed by atoms with Crippen LogP contribution in [-0.4, -0.2) is 24.8 Å². The molecule has 1 aliphatic heterocycles. The number of rotatable bonds is 4. The molecule has 0 aromatic heterocycles. The third kappa shape index (κ3) is 2.99. The maximum atomic E-state index is 8.85. The molecule has 94 valence electrons. The third-order valence-electron chi connectivity index (χ3n) is 3.46. The molecule has 0 bridgehead atoms. The lowest BCUT2D eigenvalue weighted by Gasteiger charge is -2.25. The molecule has 0 amide bonds. The number of aliphatic hydroxyl groups is 1. The van der Waals surface area contributed by atoms with Crippen LogP contribution in [0.4, 0.5) is 5.69 Å². The molecule has 0 fully saturated rings. The minimum atomic E-state index is 0.175. The van der Waals surface area contributed by atoms with Crippen molar-refractivity contribution in [1.29, 1.82) is 0 Å². The molecule has 3 heteroatoms. The molecule has 17 heavy (non-hydrogen) atoms. The van der Waals surface area contributed by atoms with Gasteiger partial charge < -0.3 is 15.7 Å². The summed E-state index contributed by atoms with van der Waals surface area (Å²) in [6.45, 7) is 2.38. The topological polar surface area (TPSA) is 49.5 Å². The fraction of sp³-hybridized carbons (Fsp3) is 0.571. The summed E-state index contributed by atoms with van der Waals surface area (Å²) in [5, 5.41) is 8.85. The van der Waals surface area contributed by atoms with Gasteiger partial charge in [-0.15, -0.1) is 0 Å². The number of aliphatic hydroxyl groups excluding tert-OH is 1. The summed E-state index contributed by atoms with van der Waals surface area (Å²) in [6, 6.07) is 8.63. The summed E-state index contributed by atoms with van der Waals surface area (Å²) in [5.41, 5.74) is 8.76. The predicted molar refractivity (Wildman–Crippen MR) is 71.1 cm³/mol. The molecular weight excluding hydrogens is 212 g/mol. The standard InChI is InChI=1S/C14H22N2O/c15-13-7-5-10-16(9-3-4-11-17)14-8-2-1-6-12(13)14/h1-2,6,8,13,17H,3-5,7,9-11,15H2. The normalized spacial score (nSPS) is 19.9. The first kappa shape index (κ1) is 12.4. The third-order valence-corrected chi connectivity index (χ3v) is 3.46. The highest BCUT2D eigenvalue weighted by Crippen LogP contribution is 2.31. The molecule has 0 aliphatic carbocycles. The summed E-state index contributed by atoms with van der Waals surface area (Å²) in [6.07, 6.45) is 4.13. The molecule has 1 aromatic carbocycles. The summed E-state index contributed by atoms with van der Waals surface area (Å²) >= 11 is 0. The van der Waals surface area contributed by atoms with E-state index < -0.39 is 0 Å². The molecule has 0 spiro atoms. The van der Waals surface area contributed by atoms with E-state index in [-0.39, 0.29) is 12.6 Å². The molecule has 1 atom stereocenters. The van der Waals surface area contributed by atoms with Gasteiger partial charge in [-0.3, -0.25) is 0 Å². The Hall–Kier alpha value is -1.06. The first-order valence-electron chi connectivity index (χ1n) is 6.53. The van der Waals surface area contributed by atoms with Crippen molar-refractivity contribution in [2.45, 2.75) is 31.7 Å². The number of nitrogens with zero attached hydrogens (tertiary/aromatic N) is 1. The van der Waals surface area contributed by atoms with Crippen LogP contribution in [0.2, 0.25) is 0 Å². The Balaban J connectivity index is 2.14. The Bertz CT molecular complexity index is 354. The van der Waals surface area contributed by atoms with Gasteiger partial charge in [0.1, 0.15) is 0 Å². The average Bonchev–Trinajstić information content (AvgIpc) is 2.51. The quantitative estimate of drug-likeness (QED) is 0.784. The Labute approximate surface area is 103 Å². The van der Waals surface area contributed by atoms with E-state index in [1.807, 2.05) is 0 Å². The van der Waals surface area contributed by atoms with Gasteiger partial charge in [0, 0.05) is 31.4 Å². The zero-order valence-electron chi connectivity index (χ0n) is 10.3. The zero-order valence-corrected chi connectivity index (χ0v) is 10.3. The number of benzene rings is 1. The van der Waals surface area contributed by atoms with E-state index in [4.69, 9.17) is 10.8 Å². The van der Waals surface area contributed by atoms with Crippen LogP contribution in [0, 0.1) is 0 Å². The molecule has 1 heterocycles.